The number of carbonyl (C=O) groups is 2. The predicted octanol–water partition coefficient (Wildman–Crippen LogP) is 6.84. The van der Waals surface area contributed by atoms with Crippen molar-refractivity contribution in [1.29, 1.82) is 0 Å². The summed E-state index contributed by atoms with van der Waals surface area (Å²) in [5, 5.41) is 3.16. The molecule has 0 aliphatic heterocycles. The molecule has 258 valence electrons. The highest BCUT2D eigenvalue weighted by atomic mass is 32.2. The van der Waals surface area contributed by atoms with Crippen molar-refractivity contribution in [2.45, 2.75) is 67.4 Å². The fourth-order valence-electron chi connectivity index (χ4n) is 5.99. The highest BCUT2D eigenvalue weighted by molar-refractivity contribution is 7.98. The molecule has 49 heavy (non-hydrogen) atoms. The number of nitrogens with zero attached hydrogens (tertiary/aromatic N) is 2. The lowest BCUT2D eigenvalue weighted by atomic mass is 10.0. The van der Waals surface area contributed by atoms with Crippen molar-refractivity contribution in [2.24, 2.45) is 0 Å². The number of ether oxygens (including phenoxy) is 1. The summed E-state index contributed by atoms with van der Waals surface area (Å²) in [4.78, 5) is 31.1. The number of thioether (sulfide) groups is 1. The van der Waals surface area contributed by atoms with E-state index in [4.69, 9.17) is 4.74 Å². The molecular weight excluding hydrogens is 662 g/mol. The van der Waals surface area contributed by atoms with Crippen molar-refractivity contribution >= 4 is 39.3 Å². The molecule has 0 radical (unpaired) electrons. The Bertz CT molecular complexity index is 1780. The summed E-state index contributed by atoms with van der Waals surface area (Å²) in [6, 6.07) is 27.2. The van der Waals surface area contributed by atoms with Crippen molar-refractivity contribution < 1.29 is 27.1 Å². The Morgan fingerprint density at radius 1 is 0.898 bits per heavy atom. The number of hydrogen-bond acceptors (Lipinski definition) is 6. The third kappa shape index (κ3) is 9.42. The summed E-state index contributed by atoms with van der Waals surface area (Å²) in [5.74, 6) is -0.759. The normalized spacial score (nSPS) is 13.9. The van der Waals surface area contributed by atoms with Gasteiger partial charge < -0.3 is 15.0 Å². The fourth-order valence-corrected chi connectivity index (χ4v) is 7.81. The number of sulfonamides is 1. The lowest BCUT2D eigenvalue weighted by Crippen LogP contribution is -2.54. The van der Waals surface area contributed by atoms with Crippen molar-refractivity contribution in [2.75, 3.05) is 23.7 Å². The molecule has 0 aromatic heterocycles. The van der Waals surface area contributed by atoms with Gasteiger partial charge in [0.25, 0.3) is 10.0 Å². The summed E-state index contributed by atoms with van der Waals surface area (Å²) >= 11 is 1.49. The minimum absolute atomic E-state index is 0.00136. The summed E-state index contributed by atoms with van der Waals surface area (Å²) < 4.78 is 49.2. The Labute approximate surface area is 292 Å². The SMILES string of the molecule is CCOc1ccc(N(CC(=O)N(Cc2ccc(F)cc2)[C@H](Cc2ccccc2)C(=O)NC2CCCC2)S(=O)(=O)c2ccc(SC)cc2)cc1. The molecule has 0 saturated heterocycles. The van der Waals surface area contributed by atoms with Gasteiger partial charge in [0.15, 0.2) is 0 Å². The Balaban J connectivity index is 1.56. The number of nitrogens with one attached hydrogen (secondary N) is 1. The minimum atomic E-state index is -4.25. The van der Waals surface area contributed by atoms with Crippen LogP contribution in [0.25, 0.3) is 0 Å². The number of carbonyl (C=O) groups excluding carboxylic acids is 2. The average molecular weight is 704 g/mol. The average Bonchev–Trinajstić information content (AvgIpc) is 3.63. The third-order valence-electron chi connectivity index (χ3n) is 8.60. The van der Waals surface area contributed by atoms with Crippen LogP contribution in [0.4, 0.5) is 10.1 Å². The number of hydrogen-bond donors (Lipinski definition) is 1. The van der Waals surface area contributed by atoms with Crippen LogP contribution in [0.1, 0.15) is 43.7 Å². The number of amides is 2. The summed E-state index contributed by atoms with van der Waals surface area (Å²) in [5.41, 5.74) is 1.71. The van der Waals surface area contributed by atoms with E-state index in [1.165, 1.54) is 40.9 Å². The van der Waals surface area contributed by atoms with E-state index in [1.807, 2.05) is 43.5 Å². The molecule has 11 heteroatoms. The van der Waals surface area contributed by atoms with Gasteiger partial charge in [-0.05, 0) is 97.8 Å². The Morgan fingerprint density at radius 3 is 2.16 bits per heavy atom. The molecule has 4 aromatic rings. The molecule has 4 aromatic carbocycles. The van der Waals surface area contributed by atoms with E-state index in [-0.39, 0.29) is 35.5 Å². The second-order valence-corrected chi connectivity index (χ2v) is 14.7. The second-order valence-electron chi connectivity index (χ2n) is 12.0. The molecule has 2 amide bonds. The van der Waals surface area contributed by atoms with Crippen LogP contribution in [0.3, 0.4) is 0 Å². The second kappa shape index (κ2) is 16.8. The van der Waals surface area contributed by atoms with E-state index in [0.717, 1.165) is 40.4 Å². The van der Waals surface area contributed by atoms with Crippen LogP contribution in [0.15, 0.2) is 113 Å². The Kier molecular flexibility index (Phi) is 12.4. The molecule has 0 heterocycles. The van der Waals surface area contributed by atoms with E-state index in [1.54, 1.807) is 48.5 Å². The van der Waals surface area contributed by atoms with Crippen LogP contribution in [-0.2, 0) is 32.6 Å². The first-order valence-electron chi connectivity index (χ1n) is 16.5. The van der Waals surface area contributed by atoms with Gasteiger partial charge in [-0.15, -0.1) is 11.8 Å². The largest absolute Gasteiger partial charge is 0.494 e. The number of anilines is 1. The Hall–Kier alpha value is -4.35. The van der Waals surface area contributed by atoms with Gasteiger partial charge in [-0.25, -0.2) is 12.8 Å². The molecular formula is C38H42FN3O5S2. The fraction of sp³-hybridized carbons (Fsp3) is 0.316. The van der Waals surface area contributed by atoms with E-state index in [0.29, 0.717) is 17.9 Å². The van der Waals surface area contributed by atoms with E-state index in [2.05, 4.69) is 5.32 Å². The van der Waals surface area contributed by atoms with Gasteiger partial charge in [-0.2, -0.15) is 0 Å². The molecule has 1 saturated carbocycles. The van der Waals surface area contributed by atoms with Gasteiger partial charge in [0.2, 0.25) is 11.8 Å². The van der Waals surface area contributed by atoms with E-state index < -0.39 is 34.3 Å². The predicted molar refractivity (Wildman–Crippen MR) is 192 cm³/mol. The number of rotatable bonds is 15. The van der Waals surface area contributed by atoms with Crippen LogP contribution < -0.4 is 14.4 Å². The molecule has 1 aliphatic carbocycles. The standard InChI is InChI=1S/C38H42FN3O5S2/c1-3-47-33-19-17-32(18-20-33)42(49(45,46)35-23-21-34(48-2)22-24-35)27-37(43)41(26-29-13-15-30(39)16-14-29)36(25-28-9-5-4-6-10-28)38(44)40-31-11-7-8-12-31/h4-6,9-10,13-24,31,36H,3,7-8,11-12,25-27H2,1-2H3,(H,40,44)/t36-/m1/s1. The molecule has 5 rings (SSSR count). The minimum Gasteiger partial charge on any atom is -0.494 e. The first-order chi connectivity index (χ1) is 23.7. The summed E-state index contributed by atoms with van der Waals surface area (Å²) in [6.45, 7) is 1.68. The van der Waals surface area contributed by atoms with Gasteiger partial charge in [-0.1, -0.05) is 55.3 Å². The number of halogens is 1. The highest BCUT2D eigenvalue weighted by Gasteiger charge is 2.35. The molecule has 0 unspecified atom stereocenters. The zero-order valence-corrected chi connectivity index (χ0v) is 29.4. The molecule has 0 spiro atoms. The van der Waals surface area contributed by atoms with Crippen molar-refractivity contribution in [3.05, 3.63) is 120 Å². The molecule has 1 fully saturated rings. The third-order valence-corrected chi connectivity index (χ3v) is 11.1. The van der Waals surface area contributed by atoms with Gasteiger partial charge in [0.1, 0.15) is 24.2 Å². The van der Waals surface area contributed by atoms with Crippen molar-refractivity contribution in [1.82, 2.24) is 10.2 Å². The first-order valence-corrected chi connectivity index (χ1v) is 19.1. The maximum atomic E-state index is 14.7. The van der Waals surface area contributed by atoms with Crippen LogP contribution in [-0.4, -0.2) is 56.6 Å². The van der Waals surface area contributed by atoms with Gasteiger partial charge in [0, 0.05) is 23.9 Å². The quantitative estimate of drug-likeness (QED) is 0.136. The zero-order valence-electron chi connectivity index (χ0n) is 27.8. The van der Waals surface area contributed by atoms with E-state index in [9.17, 15) is 22.4 Å². The van der Waals surface area contributed by atoms with Gasteiger partial charge >= 0.3 is 0 Å². The summed E-state index contributed by atoms with van der Waals surface area (Å²) in [6.07, 6.45) is 5.85. The highest BCUT2D eigenvalue weighted by Crippen LogP contribution is 2.28. The van der Waals surface area contributed by atoms with Gasteiger partial charge in [-0.3, -0.25) is 13.9 Å². The maximum Gasteiger partial charge on any atom is 0.264 e. The van der Waals surface area contributed by atoms with Gasteiger partial charge in [0.05, 0.1) is 17.2 Å². The lowest BCUT2D eigenvalue weighted by molar-refractivity contribution is -0.140. The molecule has 8 nitrogen and oxygen atoms in total. The monoisotopic (exact) mass is 703 g/mol. The van der Waals surface area contributed by atoms with Crippen LogP contribution >= 0.6 is 11.8 Å². The van der Waals surface area contributed by atoms with E-state index >= 15 is 0 Å². The lowest BCUT2D eigenvalue weighted by Gasteiger charge is -2.34. The molecule has 1 aliphatic rings. The molecule has 0 bridgehead atoms. The maximum absolute atomic E-state index is 14.7. The summed E-state index contributed by atoms with van der Waals surface area (Å²) in [7, 11) is -4.25. The molecule has 1 N–H and O–H groups in total. The smallest absolute Gasteiger partial charge is 0.264 e. The van der Waals surface area contributed by atoms with Crippen LogP contribution in [0, 0.1) is 5.82 Å². The Morgan fingerprint density at radius 2 is 1.55 bits per heavy atom. The van der Waals surface area contributed by atoms with Crippen LogP contribution in [0.2, 0.25) is 0 Å². The van der Waals surface area contributed by atoms with Crippen molar-refractivity contribution in [3.8, 4) is 5.75 Å². The topological polar surface area (TPSA) is 96.0 Å². The van der Waals surface area contributed by atoms with Crippen molar-refractivity contribution in [3.63, 3.8) is 0 Å². The molecule has 1 atom stereocenters. The first kappa shape index (κ1) is 35.9. The van der Waals surface area contributed by atoms with Crippen LogP contribution in [0.5, 0.6) is 5.75 Å². The number of benzene rings is 4. The zero-order chi connectivity index (χ0) is 34.8.